The number of carbonyl (C=O) groups excluding carboxylic acids is 4. The number of carbonyl (C=O) groups is 4. The van der Waals surface area contributed by atoms with Gasteiger partial charge in [-0.1, -0.05) is 34.1 Å². The van der Waals surface area contributed by atoms with Gasteiger partial charge in [0.25, 0.3) is 11.8 Å². The molecule has 2 aromatic rings. The first-order valence-electron chi connectivity index (χ1n) is 8.45. The highest BCUT2D eigenvalue weighted by Crippen LogP contribution is 2.24. The number of ketones is 1. The van der Waals surface area contributed by atoms with Crippen LogP contribution < -0.4 is 0 Å². The third-order valence-corrected chi connectivity index (χ3v) is 4.83. The fourth-order valence-electron chi connectivity index (χ4n) is 2.84. The minimum atomic E-state index is -1.00. The first kappa shape index (κ1) is 19.7. The fraction of sp³-hybridized carbons (Fsp3) is 0.143. The maximum Gasteiger partial charge on any atom is 0.338 e. The van der Waals surface area contributed by atoms with Crippen molar-refractivity contribution in [2.45, 2.75) is 13.0 Å². The minimum Gasteiger partial charge on any atom is -0.451 e. The number of rotatable bonds is 6. The lowest BCUT2D eigenvalue weighted by atomic mass is 10.1. The van der Waals surface area contributed by atoms with Crippen molar-refractivity contribution in [3.8, 4) is 0 Å². The largest absolute Gasteiger partial charge is 0.451 e. The van der Waals surface area contributed by atoms with Gasteiger partial charge in [0, 0.05) is 16.6 Å². The van der Waals surface area contributed by atoms with E-state index in [4.69, 9.17) is 4.74 Å². The Morgan fingerprint density at radius 1 is 1.07 bits per heavy atom. The normalized spacial score (nSPS) is 13.9. The molecule has 6 nitrogen and oxygen atoms in total. The Labute approximate surface area is 169 Å². The maximum atomic E-state index is 12.4. The van der Waals surface area contributed by atoms with Crippen molar-refractivity contribution in [2.75, 3.05) is 6.54 Å². The summed E-state index contributed by atoms with van der Waals surface area (Å²) in [5, 5.41) is 0. The van der Waals surface area contributed by atoms with Crippen molar-refractivity contribution in [1.29, 1.82) is 0 Å². The summed E-state index contributed by atoms with van der Waals surface area (Å²) in [5.41, 5.74) is 0.865. The van der Waals surface area contributed by atoms with Crippen LogP contribution in [0.4, 0.5) is 0 Å². The highest BCUT2D eigenvalue weighted by Gasteiger charge is 2.35. The second-order valence-electron chi connectivity index (χ2n) is 6.19. The van der Waals surface area contributed by atoms with Crippen LogP contribution in [0.25, 0.3) is 0 Å². The zero-order valence-electron chi connectivity index (χ0n) is 15.0. The van der Waals surface area contributed by atoms with Crippen LogP contribution in [0.15, 0.2) is 59.6 Å². The smallest absolute Gasteiger partial charge is 0.338 e. The van der Waals surface area contributed by atoms with E-state index in [0.717, 1.165) is 9.37 Å². The topological polar surface area (TPSA) is 80.8 Å². The predicted octanol–water partition coefficient (Wildman–Crippen LogP) is 3.66. The summed E-state index contributed by atoms with van der Waals surface area (Å²) >= 11 is 3.29. The molecule has 28 heavy (non-hydrogen) atoms. The van der Waals surface area contributed by atoms with Gasteiger partial charge in [-0.25, -0.2) is 4.79 Å². The van der Waals surface area contributed by atoms with Gasteiger partial charge in [-0.15, -0.1) is 6.58 Å². The van der Waals surface area contributed by atoms with Gasteiger partial charge in [0.05, 0.1) is 16.7 Å². The van der Waals surface area contributed by atoms with E-state index in [9.17, 15) is 19.2 Å². The molecule has 0 bridgehead atoms. The van der Waals surface area contributed by atoms with Gasteiger partial charge in [-0.05, 0) is 37.3 Å². The summed E-state index contributed by atoms with van der Waals surface area (Å²) in [6.07, 6.45) is 0.447. The van der Waals surface area contributed by atoms with Crippen LogP contribution in [0.3, 0.4) is 0 Å². The summed E-state index contributed by atoms with van der Waals surface area (Å²) in [7, 11) is 0. The molecule has 1 atom stereocenters. The lowest BCUT2D eigenvalue weighted by Gasteiger charge is -2.13. The summed E-state index contributed by atoms with van der Waals surface area (Å²) < 4.78 is 6.08. The third-order valence-electron chi connectivity index (χ3n) is 4.30. The molecule has 0 N–H and O–H groups in total. The van der Waals surface area contributed by atoms with Crippen LogP contribution in [0.2, 0.25) is 0 Å². The van der Waals surface area contributed by atoms with E-state index in [0.29, 0.717) is 5.56 Å². The molecular weight excluding hydrogens is 426 g/mol. The Morgan fingerprint density at radius 2 is 1.68 bits per heavy atom. The Kier molecular flexibility index (Phi) is 5.56. The quantitative estimate of drug-likeness (QED) is 0.295. The molecule has 2 amide bonds. The van der Waals surface area contributed by atoms with Gasteiger partial charge < -0.3 is 4.74 Å². The van der Waals surface area contributed by atoms with Gasteiger partial charge in [0.1, 0.15) is 0 Å². The van der Waals surface area contributed by atoms with Crippen LogP contribution in [0.1, 0.15) is 48.4 Å². The number of esters is 1. The van der Waals surface area contributed by atoms with Gasteiger partial charge in [-0.3, -0.25) is 19.3 Å². The molecule has 2 aromatic carbocycles. The van der Waals surface area contributed by atoms with E-state index >= 15 is 0 Å². The molecule has 142 valence electrons. The Morgan fingerprint density at radius 3 is 2.32 bits per heavy atom. The van der Waals surface area contributed by atoms with Crippen LogP contribution in [-0.4, -0.2) is 41.1 Å². The number of nitrogens with zero attached hydrogens (tertiary/aromatic N) is 1. The molecule has 0 aliphatic carbocycles. The second kappa shape index (κ2) is 7.90. The average molecular weight is 442 g/mol. The summed E-state index contributed by atoms with van der Waals surface area (Å²) in [6.45, 7) is 5.10. The first-order chi connectivity index (χ1) is 13.3. The highest BCUT2D eigenvalue weighted by atomic mass is 79.9. The number of hydrogen-bond acceptors (Lipinski definition) is 5. The van der Waals surface area contributed by atoms with Crippen molar-refractivity contribution in [2.24, 2.45) is 0 Å². The van der Waals surface area contributed by atoms with Crippen LogP contribution in [-0.2, 0) is 4.74 Å². The molecule has 1 heterocycles. The van der Waals surface area contributed by atoms with E-state index < -0.39 is 23.9 Å². The Balaban J connectivity index is 1.76. The van der Waals surface area contributed by atoms with Gasteiger partial charge in [0.15, 0.2) is 6.10 Å². The molecule has 0 radical (unpaired) electrons. The van der Waals surface area contributed by atoms with Crippen molar-refractivity contribution >= 4 is 39.5 Å². The molecule has 1 unspecified atom stereocenters. The lowest BCUT2D eigenvalue weighted by molar-refractivity contribution is 0.0318. The molecule has 0 aromatic heterocycles. The monoisotopic (exact) mass is 441 g/mol. The molecule has 1 aliphatic heterocycles. The van der Waals surface area contributed by atoms with Crippen LogP contribution >= 0.6 is 15.9 Å². The van der Waals surface area contributed by atoms with Crippen molar-refractivity contribution in [3.05, 3.63) is 81.8 Å². The van der Waals surface area contributed by atoms with Gasteiger partial charge in [-0.2, -0.15) is 0 Å². The van der Waals surface area contributed by atoms with Crippen LogP contribution in [0.5, 0.6) is 0 Å². The summed E-state index contributed by atoms with van der Waals surface area (Å²) in [5.74, 6) is -2.01. The molecule has 0 saturated carbocycles. The van der Waals surface area contributed by atoms with E-state index in [1.807, 2.05) is 0 Å². The van der Waals surface area contributed by atoms with Gasteiger partial charge >= 0.3 is 5.97 Å². The zero-order chi connectivity index (χ0) is 20.4. The molecular formula is C21H16BrNO5. The number of ether oxygens (including phenoxy) is 1. The maximum absolute atomic E-state index is 12.4. The predicted molar refractivity (Wildman–Crippen MR) is 105 cm³/mol. The minimum absolute atomic E-state index is 0.0881. The van der Waals surface area contributed by atoms with Crippen molar-refractivity contribution < 1.29 is 23.9 Å². The van der Waals surface area contributed by atoms with Gasteiger partial charge in [0.2, 0.25) is 5.78 Å². The molecule has 7 heteroatoms. The average Bonchev–Trinajstić information content (AvgIpc) is 2.92. The number of amides is 2. The number of fused-ring (bicyclic) bond motifs is 1. The standard InChI is InChI=1S/C21H16BrNO5/c1-3-10-23-19(25)16-9-6-14(11-17(16)20(23)26)21(27)28-12(2)18(24)13-4-7-15(22)8-5-13/h3-9,11-12H,1,10H2,2H3. The van der Waals surface area contributed by atoms with Crippen LogP contribution in [0, 0.1) is 0 Å². The summed E-state index contributed by atoms with van der Waals surface area (Å²) in [4.78, 5) is 50.5. The SMILES string of the molecule is C=CCN1C(=O)c2ccc(C(=O)OC(C)C(=O)c3ccc(Br)cc3)cc2C1=O. The number of hydrogen-bond donors (Lipinski definition) is 0. The third kappa shape index (κ3) is 3.66. The number of Topliss-reactive ketones (excluding diaryl/α,β-unsaturated/α-hetero) is 1. The van der Waals surface area contributed by atoms with Crippen molar-refractivity contribution in [3.63, 3.8) is 0 Å². The highest BCUT2D eigenvalue weighted by molar-refractivity contribution is 9.10. The Hall–Kier alpha value is -3.06. The molecule has 3 rings (SSSR count). The molecule has 0 saturated heterocycles. The van der Waals surface area contributed by atoms with E-state index in [1.165, 1.54) is 31.2 Å². The zero-order valence-corrected chi connectivity index (χ0v) is 16.6. The number of imide groups is 1. The Bertz CT molecular complexity index is 996. The van der Waals surface area contributed by atoms with E-state index in [1.54, 1.807) is 24.3 Å². The van der Waals surface area contributed by atoms with E-state index in [-0.39, 0.29) is 29.0 Å². The van der Waals surface area contributed by atoms with Crippen molar-refractivity contribution in [1.82, 2.24) is 4.90 Å². The molecule has 0 spiro atoms. The number of benzene rings is 2. The second-order valence-corrected chi connectivity index (χ2v) is 7.10. The fourth-order valence-corrected chi connectivity index (χ4v) is 3.11. The molecule has 1 aliphatic rings. The summed E-state index contributed by atoms with van der Waals surface area (Å²) in [6, 6.07) is 10.8. The lowest BCUT2D eigenvalue weighted by Crippen LogP contribution is -2.29. The molecule has 0 fully saturated rings. The number of halogens is 1. The van der Waals surface area contributed by atoms with E-state index in [2.05, 4.69) is 22.5 Å². The first-order valence-corrected chi connectivity index (χ1v) is 9.24.